The van der Waals surface area contributed by atoms with Gasteiger partial charge in [-0.2, -0.15) is 13.2 Å². The summed E-state index contributed by atoms with van der Waals surface area (Å²) < 4.78 is 35.8. The zero-order chi connectivity index (χ0) is 13.6. The van der Waals surface area contributed by atoms with Crippen molar-refractivity contribution in [3.8, 4) is 11.8 Å². The fourth-order valence-corrected chi connectivity index (χ4v) is 1.82. The second kappa shape index (κ2) is 6.42. The van der Waals surface area contributed by atoms with E-state index in [1.54, 1.807) is 16.8 Å². The molecule has 0 spiro atoms. The molecule has 0 saturated carbocycles. The van der Waals surface area contributed by atoms with Crippen molar-refractivity contribution in [3.63, 3.8) is 0 Å². The van der Waals surface area contributed by atoms with Gasteiger partial charge in [0.05, 0.1) is 6.61 Å². The Morgan fingerprint density at radius 3 is 2.83 bits per heavy atom. The summed E-state index contributed by atoms with van der Waals surface area (Å²) in [5.41, 5.74) is 0.369. The third-order valence-corrected chi connectivity index (χ3v) is 2.69. The van der Waals surface area contributed by atoms with Gasteiger partial charge >= 0.3 is 6.18 Å². The molecule has 1 rings (SSSR count). The lowest BCUT2D eigenvalue weighted by Gasteiger charge is -2.07. The molecule has 7 heteroatoms. The van der Waals surface area contributed by atoms with Crippen molar-refractivity contribution in [2.75, 3.05) is 13.2 Å². The number of thiophene rings is 1. The molecule has 0 fully saturated rings. The van der Waals surface area contributed by atoms with Crippen molar-refractivity contribution in [3.05, 3.63) is 21.9 Å². The van der Waals surface area contributed by atoms with Crippen molar-refractivity contribution in [2.45, 2.75) is 12.6 Å². The summed E-state index contributed by atoms with van der Waals surface area (Å²) in [6.45, 7) is -1.47. The number of carbonyl (C=O) groups excluding carboxylic acids is 1. The van der Waals surface area contributed by atoms with E-state index in [9.17, 15) is 18.0 Å². The smallest absolute Gasteiger partial charge is 0.395 e. The van der Waals surface area contributed by atoms with Gasteiger partial charge in [0.2, 0.25) is 0 Å². The lowest BCUT2D eigenvalue weighted by molar-refractivity contribution is -0.123. The monoisotopic (exact) mass is 277 g/mol. The Labute approximate surface area is 106 Å². The highest BCUT2D eigenvalue weighted by Gasteiger charge is 2.28. The van der Waals surface area contributed by atoms with Gasteiger partial charge in [-0.15, -0.1) is 11.3 Å². The van der Waals surface area contributed by atoms with Crippen molar-refractivity contribution < 1.29 is 23.1 Å². The van der Waals surface area contributed by atoms with Crippen LogP contribution in [0.15, 0.2) is 11.4 Å². The predicted molar refractivity (Wildman–Crippen MR) is 61.3 cm³/mol. The molecule has 0 bridgehead atoms. The fraction of sp³-hybridized carbons (Fsp3) is 0.364. The van der Waals surface area contributed by atoms with E-state index >= 15 is 0 Å². The highest BCUT2D eigenvalue weighted by Crippen LogP contribution is 2.17. The van der Waals surface area contributed by atoms with Gasteiger partial charge < -0.3 is 10.4 Å². The van der Waals surface area contributed by atoms with Gasteiger partial charge in [0.15, 0.2) is 0 Å². The van der Waals surface area contributed by atoms with E-state index in [1.807, 2.05) is 0 Å². The maximum Gasteiger partial charge on any atom is 0.405 e. The van der Waals surface area contributed by atoms with Gasteiger partial charge in [-0.05, 0) is 11.4 Å². The number of aliphatic hydroxyl groups excluding tert-OH is 1. The summed E-state index contributed by atoms with van der Waals surface area (Å²) in [7, 11) is 0. The molecule has 1 heterocycles. The Bertz CT molecular complexity index is 471. The number of alkyl halides is 3. The van der Waals surface area contributed by atoms with Crippen molar-refractivity contribution in [1.29, 1.82) is 0 Å². The maximum atomic E-state index is 11.9. The number of carbonyl (C=O) groups is 1. The number of nitrogens with one attached hydrogen (secondary N) is 1. The zero-order valence-corrected chi connectivity index (χ0v) is 9.99. The lowest BCUT2D eigenvalue weighted by atomic mass is 10.2. The predicted octanol–water partition coefficient (Wildman–Crippen LogP) is 1.77. The van der Waals surface area contributed by atoms with E-state index in [4.69, 9.17) is 5.11 Å². The molecular weight excluding hydrogens is 267 g/mol. The Hall–Kier alpha value is -1.52. The van der Waals surface area contributed by atoms with Gasteiger partial charge in [0.1, 0.15) is 11.4 Å². The SMILES string of the molecule is O=C(NCC(F)(F)F)c1sccc1C#CCCO. The van der Waals surface area contributed by atoms with Crippen LogP contribution in [0, 0.1) is 11.8 Å². The molecule has 0 aliphatic rings. The van der Waals surface area contributed by atoms with Crippen LogP contribution in [0.2, 0.25) is 0 Å². The largest absolute Gasteiger partial charge is 0.405 e. The Kier molecular flexibility index (Phi) is 5.19. The number of hydrogen-bond acceptors (Lipinski definition) is 3. The normalized spacial score (nSPS) is 10.7. The number of aliphatic hydroxyl groups is 1. The van der Waals surface area contributed by atoms with E-state index in [1.165, 1.54) is 0 Å². The van der Waals surface area contributed by atoms with E-state index < -0.39 is 18.6 Å². The molecule has 0 aromatic carbocycles. The van der Waals surface area contributed by atoms with Gasteiger partial charge in [0.25, 0.3) is 5.91 Å². The molecule has 0 saturated heterocycles. The first-order valence-electron chi connectivity index (χ1n) is 4.96. The standard InChI is InChI=1S/C11H10F3NO2S/c12-11(13,14)7-15-10(17)9-8(4-6-18-9)3-1-2-5-16/h4,6,16H,2,5,7H2,(H,15,17). The summed E-state index contributed by atoms with van der Waals surface area (Å²) in [6, 6.07) is 1.55. The van der Waals surface area contributed by atoms with Crippen LogP contribution in [0.25, 0.3) is 0 Å². The second-order valence-corrected chi connectivity index (χ2v) is 4.15. The minimum absolute atomic E-state index is 0.104. The minimum atomic E-state index is -4.43. The number of halogens is 3. The summed E-state index contributed by atoms with van der Waals surface area (Å²) >= 11 is 1.02. The molecule has 0 radical (unpaired) electrons. The molecule has 0 aliphatic heterocycles. The van der Waals surface area contributed by atoms with Gasteiger partial charge in [-0.3, -0.25) is 4.79 Å². The van der Waals surface area contributed by atoms with Crippen LogP contribution in [0.3, 0.4) is 0 Å². The maximum absolute atomic E-state index is 11.9. The number of hydrogen-bond donors (Lipinski definition) is 2. The van der Waals surface area contributed by atoms with Gasteiger partial charge in [0, 0.05) is 12.0 Å². The first-order chi connectivity index (χ1) is 8.44. The summed E-state index contributed by atoms with van der Waals surface area (Å²) in [4.78, 5) is 11.6. The van der Waals surface area contributed by atoms with Crippen molar-refractivity contribution in [2.24, 2.45) is 0 Å². The summed E-state index contributed by atoms with van der Waals surface area (Å²) in [6.07, 6.45) is -4.19. The lowest BCUT2D eigenvalue weighted by Crippen LogP contribution is -2.33. The fourth-order valence-electron chi connectivity index (χ4n) is 1.06. The molecule has 0 unspecified atom stereocenters. The molecular formula is C11H10F3NO2S. The molecule has 98 valence electrons. The molecule has 0 atom stereocenters. The molecule has 1 aromatic rings. The quantitative estimate of drug-likeness (QED) is 0.827. The van der Waals surface area contributed by atoms with E-state index in [0.717, 1.165) is 11.3 Å². The van der Waals surface area contributed by atoms with Crippen LogP contribution < -0.4 is 5.32 Å². The first kappa shape index (κ1) is 14.5. The van der Waals surface area contributed by atoms with E-state index in [-0.39, 0.29) is 17.9 Å². The minimum Gasteiger partial charge on any atom is -0.395 e. The van der Waals surface area contributed by atoms with Crippen LogP contribution in [0.4, 0.5) is 13.2 Å². The Morgan fingerprint density at radius 2 is 2.22 bits per heavy atom. The highest BCUT2D eigenvalue weighted by atomic mass is 32.1. The third-order valence-electron chi connectivity index (χ3n) is 1.78. The zero-order valence-electron chi connectivity index (χ0n) is 9.17. The van der Waals surface area contributed by atoms with Crippen LogP contribution in [-0.4, -0.2) is 30.3 Å². The molecule has 1 aromatic heterocycles. The Balaban J connectivity index is 2.70. The van der Waals surface area contributed by atoms with Gasteiger partial charge in [-0.25, -0.2) is 0 Å². The Morgan fingerprint density at radius 1 is 1.50 bits per heavy atom. The second-order valence-electron chi connectivity index (χ2n) is 3.24. The first-order valence-corrected chi connectivity index (χ1v) is 5.84. The molecule has 0 aliphatic carbocycles. The van der Waals surface area contributed by atoms with E-state index in [0.29, 0.717) is 5.56 Å². The van der Waals surface area contributed by atoms with Gasteiger partial charge in [-0.1, -0.05) is 11.8 Å². The number of amides is 1. The molecule has 18 heavy (non-hydrogen) atoms. The summed E-state index contributed by atoms with van der Waals surface area (Å²) in [5.74, 6) is 4.44. The highest BCUT2D eigenvalue weighted by molar-refractivity contribution is 7.12. The van der Waals surface area contributed by atoms with Crippen molar-refractivity contribution >= 4 is 17.2 Å². The van der Waals surface area contributed by atoms with Crippen LogP contribution in [0.5, 0.6) is 0 Å². The molecule has 3 nitrogen and oxygen atoms in total. The molecule has 1 amide bonds. The van der Waals surface area contributed by atoms with Crippen LogP contribution >= 0.6 is 11.3 Å². The third kappa shape index (κ3) is 4.77. The molecule has 2 N–H and O–H groups in total. The topological polar surface area (TPSA) is 49.3 Å². The number of rotatable bonds is 3. The van der Waals surface area contributed by atoms with Crippen LogP contribution in [0.1, 0.15) is 21.7 Å². The van der Waals surface area contributed by atoms with Crippen molar-refractivity contribution in [1.82, 2.24) is 5.32 Å². The van der Waals surface area contributed by atoms with Crippen LogP contribution in [-0.2, 0) is 0 Å². The average molecular weight is 277 g/mol. The summed E-state index contributed by atoms with van der Waals surface area (Å²) in [5, 5.41) is 11.9. The van der Waals surface area contributed by atoms with E-state index in [2.05, 4.69) is 11.8 Å². The average Bonchev–Trinajstić information content (AvgIpc) is 2.74.